The number of guanidine groups is 1. The second-order valence-electron chi connectivity index (χ2n) is 6.30. The molecule has 1 heterocycles. The van der Waals surface area contributed by atoms with Gasteiger partial charge >= 0.3 is 0 Å². The fourth-order valence-corrected chi connectivity index (χ4v) is 3.41. The van der Waals surface area contributed by atoms with Crippen LogP contribution in [-0.2, 0) is 4.74 Å². The quantitative estimate of drug-likeness (QED) is 0.437. The van der Waals surface area contributed by atoms with Crippen molar-refractivity contribution in [2.75, 3.05) is 26.7 Å². The standard InChI is InChI=1S/C18H26FN3O.HI/c1-3-23-13-8-10-22(11-9-13)18(20-2)21-17-12-15(17)14-6-4-5-7-16(14)19;/h4-7,13,15,17H,3,8-12H2,1-2H3,(H,20,21);1H. The molecule has 4 nitrogen and oxygen atoms in total. The van der Waals surface area contributed by atoms with Crippen LogP contribution >= 0.6 is 24.0 Å². The minimum Gasteiger partial charge on any atom is -0.378 e. The van der Waals surface area contributed by atoms with Crippen molar-refractivity contribution in [3.63, 3.8) is 0 Å². The second-order valence-corrected chi connectivity index (χ2v) is 6.30. The van der Waals surface area contributed by atoms with Crippen LogP contribution in [0.15, 0.2) is 29.3 Å². The van der Waals surface area contributed by atoms with E-state index < -0.39 is 0 Å². The van der Waals surface area contributed by atoms with E-state index in [1.165, 1.54) is 6.07 Å². The molecule has 1 aliphatic heterocycles. The monoisotopic (exact) mass is 447 g/mol. The lowest BCUT2D eigenvalue weighted by Gasteiger charge is -2.34. The summed E-state index contributed by atoms with van der Waals surface area (Å²) in [5, 5.41) is 3.50. The van der Waals surface area contributed by atoms with Gasteiger partial charge in [0.05, 0.1) is 6.10 Å². The fraction of sp³-hybridized carbons (Fsp3) is 0.611. The Morgan fingerprint density at radius 3 is 2.67 bits per heavy atom. The first kappa shape index (κ1) is 19.4. The molecule has 0 spiro atoms. The Bertz CT molecular complexity index is 561. The molecule has 24 heavy (non-hydrogen) atoms. The second kappa shape index (κ2) is 8.99. The summed E-state index contributed by atoms with van der Waals surface area (Å²) in [7, 11) is 1.82. The Balaban J connectivity index is 0.00000208. The van der Waals surface area contributed by atoms with Gasteiger partial charge in [0.15, 0.2) is 5.96 Å². The highest BCUT2D eigenvalue weighted by Gasteiger charge is 2.41. The molecule has 1 aromatic rings. The number of hydrogen-bond donors (Lipinski definition) is 1. The predicted octanol–water partition coefficient (Wildman–Crippen LogP) is 3.38. The van der Waals surface area contributed by atoms with Crippen LogP contribution in [-0.4, -0.2) is 49.7 Å². The minimum atomic E-state index is -0.102. The molecular formula is C18H27FIN3O. The Kier molecular flexibility index (Phi) is 7.28. The summed E-state index contributed by atoms with van der Waals surface area (Å²) in [6.07, 6.45) is 3.42. The minimum absolute atomic E-state index is 0. The molecular weight excluding hydrogens is 420 g/mol. The summed E-state index contributed by atoms with van der Waals surface area (Å²) in [6.45, 7) is 4.75. The molecule has 2 fully saturated rings. The van der Waals surface area contributed by atoms with E-state index >= 15 is 0 Å². The van der Waals surface area contributed by atoms with Gasteiger partial charge in [-0.05, 0) is 37.8 Å². The van der Waals surface area contributed by atoms with E-state index in [1.54, 1.807) is 6.07 Å². The molecule has 1 saturated heterocycles. The average molecular weight is 447 g/mol. The van der Waals surface area contributed by atoms with Gasteiger partial charge in [0.2, 0.25) is 0 Å². The maximum Gasteiger partial charge on any atom is 0.193 e. The first-order chi connectivity index (χ1) is 11.2. The van der Waals surface area contributed by atoms with E-state index in [4.69, 9.17) is 4.74 Å². The van der Waals surface area contributed by atoms with Crippen LogP contribution in [0.2, 0.25) is 0 Å². The van der Waals surface area contributed by atoms with Crippen molar-refractivity contribution in [2.45, 2.75) is 44.2 Å². The maximum atomic E-state index is 13.9. The lowest BCUT2D eigenvalue weighted by Crippen LogP contribution is -2.47. The normalized spacial score (nSPS) is 24.5. The molecule has 6 heteroatoms. The van der Waals surface area contributed by atoms with E-state index in [1.807, 2.05) is 26.1 Å². The molecule has 1 N–H and O–H groups in total. The number of nitrogens with one attached hydrogen (secondary N) is 1. The molecule has 0 radical (unpaired) electrons. The molecule has 134 valence electrons. The maximum absolute atomic E-state index is 13.9. The summed E-state index contributed by atoms with van der Waals surface area (Å²) in [6, 6.07) is 7.36. The van der Waals surface area contributed by atoms with Crippen molar-refractivity contribution in [3.05, 3.63) is 35.6 Å². The highest BCUT2D eigenvalue weighted by molar-refractivity contribution is 14.0. The first-order valence-corrected chi connectivity index (χ1v) is 8.57. The lowest BCUT2D eigenvalue weighted by molar-refractivity contribution is 0.0263. The van der Waals surface area contributed by atoms with Crippen LogP contribution < -0.4 is 5.32 Å². The largest absolute Gasteiger partial charge is 0.378 e. The van der Waals surface area contributed by atoms with Gasteiger partial charge < -0.3 is 15.0 Å². The van der Waals surface area contributed by atoms with E-state index in [-0.39, 0.29) is 41.8 Å². The molecule has 2 unspecified atom stereocenters. The molecule has 3 rings (SSSR count). The Hall–Kier alpha value is -0.890. The molecule has 0 bridgehead atoms. The highest BCUT2D eigenvalue weighted by atomic mass is 127. The van der Waals surface area contributed by atoms with Crippen LogP contribution in [0.5, 0.6) is 0 Å². The topological polar surface area (TPSA) is 36.9 Å². The van der Waals surface area contributed by atoms with Crippen molar-refractivity contribution >= 4 is 29.9 Å². The average Bonchev–Trinajstić information content (AvgIpc) is 3.33. The van der Waals surface area contributed by atoms with E-state index in [0.29, 0.717) is 6.10 Å². The third-order valence-electron chi connectivity index (χ3n) is 4.77. The van der Waals surface area contributed by atoms with Crippen molar-refractivity contribution in [2.24, 2.45) is 4.99 Å². The van der Waals surface area contributed by atoms with Gasteiger partial charge in [-0.1, -0.05) is 18.2 Å². The van der Waals surface area contributed by atoms with E-state index in [9.17, 15) is 4.39 Å². The van der Waals surface area contributed by atoms with Crippen LogP contribution in [0.4, 0.5) is 4.39 Å². The number of benzene rings is 1. The third-order valence-corrected chi connectivity index (χ3v) is 4.77. The zero-order chi connectivity index (χ0) is 16.2. The van der Waals surface area contributed by atoms with Crippen LogP contribution in [0.3, 0.4) is 0 Å². The number of piperidine rings is 1. The number of nitrogens with zero attached hydrogens (tertiary/aromatic N) is 2. The number of likely N-dealkylation sites (tertiary alicyclic amines) is 1. The van der Waals surface area contributed by atoms with Crippen LogP contribution in [0.1, 0.15) is 37.7 Å². The SMILES string of the molecule is CCOC1CCN(C(=NC)NC2CC2c2ccccc2F)CC1.I. The van der Waals surface area contributed by atoms with Crippen LogP contribution in [0.25, 0.3) is 0 Å². The van der Waals surface area contributed by atoms with Gasteiger partial charge in [0.1, 0.15) is 5.82 Å². The first-order valence-electron chi connectivity index (χ1n) is 8.57. The number of hydrogen-bond acceptors (Lipinski definition) is 2. The van der Waals surface area contributed by atoms with Crippen molar-refractivity contribution in [1.82, 2.24) is 10.2 Å². The Morgan fingerprint density at radius 1 is 1.33 bits per heavy atom. The number of ether oxygens (including phenoxy) is 1. The van der Waals surface area contributed by atoms with Gasteiger partial charge in [0.25, 0.3) is 0 Å². The molecule has 1 saturated carbocycles. The Labute approximate surface area is 160 Å². The molecule has 1 aromatic carbocycles. The summed E-state index contributed by atoms with van der Waals surface area (Å²) >= 11 is 0. The summed E-state index contributed by atoms with van der Waals surface area (Å²) < 4.78 is 19.6. The summed E-state index contributed by atoms with van der Waals surface area (Å²) in [5.41, 5.74) is 0.815. The Morgan fingerprint density at radius 2 is 2.04 bits per heavy atom. The van der Waals surface area contributed by atoms with E-state index in [2.05, 4.69) is 15.2 Å². The van der Waals surface area contributed by atoms with Crippen molar-refractivity contribution in [3.8, 4) is 0 Å². The third kappa shape index (κ3) is 4.59. The van der Waals surface area contributed by atoms with Crippen molar-refractivity contribution < 1.29 is 9.13 Å². The summed E-state index contributed by atoms with van der Waals surface area (Å²) in [4.78, 5) is 6.69. The predicted molar refractivity (Wildman–Crippen MR) is 106 cm³/mol. The molecule has 2 aliphatic rings. The van der Waals surface area contributed by atoms with Gasteiger partial charge in [-0.15, -0.1) is 24.0 Å². The molecule has 0 aromatic heterocycles. The zero-order valence-electron chi connectivity index (χ0n) is 14.4. The smallest absolute Gasteiger partial charge is 0.193 e. The van der Waals surface area contributed by atoms with Gasteiger partial charge in [-0.25, -0.2) is 4.39 Å². The van der Waals surface area contributed by atoms with Crippen LogP contribution in [0, 0.1) is 5.82 Å². The van der Waals surface area contributed by atoms with Gasteiger partial charge in [0, 0.05) is 38.7 Å². The zero-order valence-corrected chi connectivity index (χ0v) is 16.7. The molecule has 0 amide bonds. The van der Waals surface area contributed by atoms with Gasteiger partial charge in [-0.3, -0.25) is 4.99 Å². The number of rotatable bonds is 4. The molecule has 2 atom stereocenters. The fourth-order valence-electron chi connectivity index (χ4n) is 3.41. The van der Waals surface area contributed by atoms with Crippen molar-refractivity contribution in [1.29, 1.82) is 0 Å². The number of halogens is 2. The van der Waals surface area contributed by atoms with Gasteiger partial charge in [-0.2, -0.15) is 0 Å². The van der Waals surface area contributed by atoms with E-state index in [0.717, 1.165) is 50.5 Å². The summed E-state index contributed by atoms with van der Waals surface area (Å²) in [5.74, 6) is 1.09. The number of aliphatic imine (C=N–C) groups is 1. The molecule has 1 aliphatic carbocycles. The highest BCUT2D eigenvalue weighted by Crippen LogP contribution is 2.41. The lowest BCUT2D eigenvalue weighted by atomic mass is 10.1.